The average molecular weight is 359 g/mol. The molecule has 27 heavy (non-hydrogen) atoms. The molecule has 0 aliphatic carbocycles. The SMILES string of the molecule is O=C(c1ncn(-c2ccccc2)n1)N1CC2CCCCN2c2ccccc21. The van der Waals surface area contributed by atoms with Gasteiger partial charge >= 0.3 is 0 Å². The van der Waals surface area contributed by atoms with Crippen molar-refractivity contribution in [1.82, 2.24) is 14.8 Å². The van der Waals surface area contributed by atoms with E-state index in [1.54, 1.807) is 11.0 Å². The zero-order chi connectivity index (χ0) is 18.2. The Labute approximate surface area is 158 Å². The van der Waals surface area contributed by atoms with Crippen molar-refractivity contribution in [1.29, 1.82) is 0 Å². The monoisotopic (exact) mass is 359 g/mol. The number of carbonyl (C=O) groups excluding carboxylic acids is 1. The molecule has 0 spiro atoms. The number of benzene rings is 2. The summed E-state index contributed by atoms with van der Waals surface area (Å²) >= 11 is 0. The zero-order valence-corrected chi connectivity index (χ0v) is 15.0. The highest BCUT2D eigenvalue weighted by atomic mass is 16.2. The second-order valence-electron chi connectivity index (χ2n) is 7.10. The zero-order valence-electron chi connectivity index (χ0n) is 15.0. The molecular weight excluding hydrogens is 338 g/mol. The van der Waals surface area contributed by atoms with Gasteiger partial charge in [0.05, 0.1) is 17.1 Å². The van der Waals surface area contributed by atoms with E-state index in [0.29, 0.717) is 12.6 Å². The van der Waals surface area contributed by atoms with Crippen LogP contribution in [-0.2, 0) is 0 Å². The van der Waals surface area contributed by atoms with Crippen molar-refractivity contribution < 1.29 is 4.79 Å². The van der Waals surface area contributed by atoms with Crippen LogP contribution in [0, 0.1) is 0 Å². The molecule has 2 aliphatic heterocycles. The molecule has 0 N–H and O–H groups in total. The summed E-state index contributed by atoms with van der Waals surface area (Å²) in [4.78, 5) is 21.9. The predicted molar refractivity (Wildman–Crippen MR) is 104 cm³/mol. The van der Waals surface area contributed by atoms with Crippen molar-refractivity contribution in [3.63, 3.8) is 0 Å². The number of para-hydroxylation sites is 3. The first-order valence-corrected chi connectivity index (χ1v) is 9.46. The third kappa shape index (κ3) is 2.77. The first-order chi connectivity index (χ1) is 13.3. The average Bonchev–Trinajstić information content (AvgIpc) is 3.24. The second-order valence-corrected chi connectivity index (χ2v) is 7.10. The predicted octanol–water partition coefficient (Wildman–Crippen LogP) is 3.29. The van der Waals surface area contributed by atoms with Gasteiger partial charge in [-0.15, -0.1) is 5.10 Å². The fourth-order valence-electron chi connectivity index (χ4n) is 4.13. The number of aromatic nitrogens is 3. The van der Waals surface area contributed by atoms with E-state index in [1.807, 2.05) is 53.4 Å². The van der Waals surface area contributed by atoms with Gasteiger partial charge in [0.25, 0.3) is 5.91 Å². The highest BCUT2D eigenvalue weighted by Gasteiger charge is 2.36. The summed E-state index contributed by atoms with van der Waals surface area (Å²) in [5.41, 5.74) is 2.99. The van der Waals surface area contributed by atoms with E-state index in [1.165, 1.54) is 12.8 Å². The molecule has 1 aromatic heterocycles. The molecule has 1 unspecified atom stereocenters. The highest BCUT2D eigenvalue weighted by Crippen LogP contribution is 2.38. The van der Waals surface area contributed by atoms with Crippen molar-refractivity contribution in [2.45, 2.75) is 25.3 Å². The van der Waals surface area contributed by atoms with Gasteiger partial charge in [0.2, 0.25) is 5.82 Å². The minimum atomic E-state index is -0.137. The summed E-state index contributed by atoms with van der Waals surface area (Å²) in [6.45, 7) is 1.75. The molecule has 1 saturated heterocycles. The van der Waals surface area contributed by atoms with Gasteiger partial charge in [0, 0.05) is 19.1 Å². The third-order valence-electron chi connectivity index (χ3n) is 5.45. The molecule has 0 bridgehead atoms. The van der Waals surface area contributed by atoms with Crippen LogP contribution in [0.15, 0.2) is 60.9 Å². The van der Waals surface area contributed by atoms with Gasteiger partial charge in [-0.25, -0.2) is 9.67 Å². The normalized spacial score (nSPS) is 18.7. The largest absolute Gasteiger partial charge is 0.365 e. The molecule has 1 fully saturated rings. The van der Waals surface area contributed by atoms with E-state index in [2.05, 4.69) is 21.0 Å². The number of anilines is 2. The van der Waals surface area contributed by atoms with E-state index >= 15 is 0 Å². The van der Waals surface area contributed by atoms with Gasteiger partial charge in [-0.2, -0.15) is 0 Å². The van der Waals surface area contributed by atoms with E-state index in [4.69, 9.17) is 0 Å². The summed E-state index contributed by atoms with van der Waals surface area (Å²) in [5.74, 6) is 0.0975. The Bertz CT molecular complexity index is 967. The van der Waals surface area contributed by atoms with E-state index in [0.717, 1.165) is 30.0 Å². The molecule has 5 rings (SSSR count). The topological polar surface area (TPSA) is 54.3 Å². The number of amides is 1. The lowest BCUT2D eigenvalue weighted by Gasteiger charge is -2.45. The lowest BCUT2D eigenvalue weighted by atomic mass is 9.97. The molecule has 2 aliphatic rings. The molecule has 1 atom stereocenters. The lowest BCUT2D eigenvalue weighted by Crippen LogP contribution is -2.53. The Balaban J connectivity index is 1.49. The number of carbonyl (C=O) groups is 1. The van der Waals surface area contributed by atoms with Crippen LogP contribution in [0.1, 0.15) is 29.9 Å². The molecule has 0 saturated carbocycles. The molecule has 3 heterocycles. The van der Waals surface area contributed by atoms with Crippen LogP contribution in [0.5, 0.6) is 0 Å². The smallest absolute Gasteiger partial charge is 0.298 e. The minimum Gasteiger partial charge on any atom is -0.365 e. The number of nitrogens with zero attached hydrogens (tertiary/aromatic N) is 5. The van der Waals surface area contributed by atoms with Crippen LogP contribution < -0.4 is 9.80 Å². The molecule has 2 aromatic carbocycles. The Morgan fingerprint density at radius 1 is 0.963 bits per heavy atom. The number of rotatable bonds is 2. The van der Waals surface area contributed by atoms with Crippen LogP contribution >= 0.6 is 0 Å². The number of hydrogen-bond acceptors (Lipinski definition) is 4. The molecule has 0 radical (unpaired) electrons. The third-order valence-corrected chi connectivity index (χ3v) is 5.45. The first kappa shape index (κ1) is 16.1. The van der Waals surface area contributed by atoms with Gasteiger partial charge in [0.1, 0.15) is 6.33 Å². The quantitative estimate of drug-likeness (QED) is 0.705. The van der Waals surface area contributed by atoms with Gasteiger partial charge in [0.15, 0.2) is 0 Å². The number of fused-ring (bicyclic) bond motifs is 3. The Morgan fingerprint density at radius 3 is 2.59 bits per heavy atom. The maximum Gasteiger partial charge on any atom is 0.298 e. The Kier molecular flexibility index (Phi) is 3.89. The Morgan fingerprint density at radius 2 is 1.74 bits per heavy atom. The fourth-order valence-corrected chi connectivity index (χ4v) is 4.13. The van der Waals surface area contributed by atoms with Crippen molar-refractivity contribution in [2.75, 3.05) is 22.9 Å². The molecule has 136 valence electrons. The van der Waals surface area contributed by atoms with Gasteiger partial charge < -0.3 is 9.80 Å². The molecule has 6 heteroatoms. The number of hydrogen-bond donors (Lipinski definition) is 0. The summed E-state index contributed by atoms with van der Waals surface area (Å²) in [6, 6.07) is 18.3. The maximum absolute atomic E-state index is 13.3. The van der Waals surface area contributed by atoms with Gasteiger partial charge in [-0.3, -0.25) is 4.79 Å². The summed E-state index contributed by atoms with van der Waals surface area (Å²) in [6.07, 6.45) is 5.14. The summed E-state index contributed by atoms with van der Waals surface area (Å²) < 4.78 is 1.65. The van der Waals surface area contributed by atoms with E-state index < -0.39 is 0 Å². The molecule has 1 amide bonds. The van der Waals surface area contributed by atoms with Crippen molar-refractivity contribution in [3.05, 3.63) is 66.7 Å². The van der Waals surface area contributed by atoms with E-state index in [-0.39, 0.29) is 11.7 Å². The summed E-state index contributed by atoms with van der Waals surface area (Å²) in [5, 5.41) is 4.43. The molecule has 3 aromatic rings. The Hall–Kier alpha value is -3.15. The standard InChI is InChI=1S/C21H21N5O/c27-21(20-22-15-26(23-20)16-8-2-1-3-9-16)25-14-17-10-6-7-13-24(17)18-11-4-5-12-19(18)25/h1-5,8-9,11-12,15,17H,6-7,10,13-14H2. The fraction of sp³-hybridized carbons (Fsp3) is 0.286. The van der Waals surface area contributed by atoms with Crippen LogP contribution in [0.2, 0.25) is 0 Å². The highest BCUT2D eigenvalue weighted by molar-refractivity contribution is 6.06. The van der Waals surface area contributed by atoms with Gasteiger partial charge in [-0.05, 0) is 43.5 Å². The number of piperidine rings is 1. The van der Waals surface area contributed by atoms with Crippen molar-refractivity contribution in [2.24, 2.45) is 0 Å². The van der Waals surface area contributed by atoms with Gasteiger partial charge in [-0.1, -0.05) is 30.3 Å². The maximum atomic E-state index is 13.3. The minimum absolute atomic E-state index is 0.137. The lowest BCUT2D eigenvalue weighted by molar-refractivity contribution is 0.0973. The van der Waals surface area contributed by atoms with Crippen LogP contribution in [0.3, 0.4) is 0 Å². The van der Waals surface area contributed by atoms with Crippen LogP contribution in [0.25, 0.3) is 5.69 Å². The van der Waals surface area contributed by atoms with Crippen LogP contribution in [-0.4, -0.2) is 39.8 Å². The molecular formula is C21H21N5O. The summed E-state index contributed by atoms with van der Waals surface area (Å²) in [7, 11) is 0. The van der Waals surface area contributed by atoms with E-state index in [9.17, 15) is 4.79 Å². The van der Waals surface area contributed by atoms with Crippen molar-refractivity contribution >= 4 is 17.3 Å². The molecule has 6 nitrogen and oxygen atoms in total. The van der Waals surface area contributed by atoms with Crippen LogP contribution in [0.4, 0.5) is 11.4 Å². The second kappa shape index (κ2) is 6.54. The van der Waals surface area contributed by atoms with Crippen molar-refractivity contribution in [3.8, 4) is 5.69 Å². The first-order valence-electron chi connectivity index (χ1n) is 9.46.